The molecule has 0 aliphatic carbocycles. The maximum atomic E-state index is 11.2. The number of amides is 1. The van der Waals surface area contributed by atoms with E-state index >= 15 is 0 Å². The number of carbonyl (C=O) groups is 2. The third-order valence-electron chi connectivity index (χ3n) is 6.48. The molecule has 1 aromatic carbocycles. The molecule has 1 aliphatic heterocycles. The van der Waals surface area contributed by atoms with Crippen LogP contribution in [0.2, 0.25) is 0 Å². The molecule has 0 bridgehead atoms. The second kappa shape index (κ2) is 11.7. The van der Waals surface area contributed by atoms with Crippen LogP contribution in [-0.4, -0.2) is 94.9 Å². The molecular weight excluding hydrogens is 498 g/mol. The summed E-state index contributed by atoms with van der Waals surface area (Å²) in [5.41, 5.74) is 8.58. The number of carboxylic acid groups (broad SMARTS) is 1. The molecule has 1 aliphatic rings. The van der Waals surface area contributed by atoms with Crippen molar-refractivity contribution < 1.29 is 34.8 Å². The van der Waals surface area contributed by atoms with Crippen LogP contribution in [0.5, 0.6) is 0 Å². The van der Waals surface area contributed by atoms with Gasteiger partial charge < -0.3 is 41.1 Å². The van der Waals surface area contributed by atoms with Gasteiger partial charge in [0, 0.05) is 19.5 Å². The number of aliphatic hydroxyl groups excluding tert-OH is 3. The first-order valence-corrected chi connectivity index (χ1v) is 12.2. The van der Waals surface area contributed by atoms with Crippen LogP contribution >= 0.6 is 0 Å². The molecular formula is C24H31N7O7. The minimum atomic E-state index is -1.48. The number of aliphatic carboxylic acids is 1. The van der Waals surface area contributed by atoms with E-state index in [-0.39, 0.29) is 35.9 Å². The largest absolute Gasteiger partial charge is 0.481 e. The molecule has 14 heteroatoms. The van der Waals surface area contributed by atoms with Gasteiger partial charge in [0.1, 0.15) is 23.8 Å². The number of nitrogens with zero attached hydrogens (tertiary/aromatic N) is 5. The fourth-order valence-electron chi connectivity index (χ4n) is 4.32. The zero-order valence-corrected chi connectivity index (χ0v) is 20.7. The second-order valence-electron chi connectivity index (χ2n) is 8.97. The molecule has 3 aromatic rings. The summed E-state index contributed by atoms with van der Waals surface area (Å²) in [5.74, 6) is -0.515. The highest BCUT2D eigenvalue weighted by Gasteiger charge is 2.48. The minimum absolute atomic E-state index is 0.0811. The Hall–Kier alpha value is -3.85. The number of carboxylic acids is 1. The lowest BCUT2D eigenvalue weighted by molar-refractivity contribution is -0.152. The van der Waals surface area contributed by atoms with E-state index in [4.69, 9.17) is 15.6 Å². The number of aromatic nitrogens is 4. The van der Waals surface area contributed by atoms with Gasteiger partial charge in [0.25, 0.3) is 0 Å². The molecule has 7 N–H and O–H groups in total. The summed E-state index contributed by atoms with van der Waals surface area (Å²) in [7, 11) is 0. The third-order valence-corrected chi connectivity index (χ3v) is 6.48. The lowest BCUT2D eigenvalue weighted by Gasteiger charge is -2.28. The monoisotopic (exact) mass is 529 g/mol. The number of hydrogen-bond donors (Lipinski definition) is 6. The zero-order chi connectivity index (χ0) is 27.4. The molecule has 2 aromatic heterocycles. The number of nitrogen functional groups attached to an aromatic ring is 1. The van der Waals surface area contributed by atoms with Crippen LogP contribution in [0.25, 0.3) is 11.2 Å². The lowest BCUT2D eigenvalue weighted by atomic mass is 10.1. The molecule has 4 rings (SSSR count). The average Bonchev–Trinajstić information content (AvgIpc) is 3.45. The van der Waals surface area contributed by atoms with Crippen LogP contribution in [0.15, 0.2) is 30.6 Å². The van der Waals surface area contributed by atoms with Crippen LogP contribution in [0.1, 0.15) is 30.7 Å². The number of nitrogens with two attached hydrogens (primary N) is 1. The average molecular weight is 530 g/mol. The summed E-state index contributed by atoms with van der Waals surface area (Å²) in [6.07, 6.45) is -3.82. The maximum absolute atomic E-state index is 11.2. The van der Waals surface area contributed by atoms with E-state index < -0.39 is 36.7 Å². The molecule has 14 nitrogen and oxygen atoms in total. The van der Waals surface area contributed by atoms with Gasteiger partial charge in [-0.2, -0.15) is 9.97 Å². The molecule has 1 amide bonds. The third kappa shape index (κ3) is 5.67. The number of aryl methyl sites for hydroxylation is 1. The molecule has 38 heavy (non-hydrogen) atoms. The summed E-state index contributed by atoms with van der Waals surface area (Å²) >= 11 is 0. The molecule has 5 atom stereocenters. The normalized spacial score (nSPS) is 21.9. The number of rotatable bonds is 12. The van der Waals surface area contributed by atoms with Gasteiger partial charge in [-0.05, 0) is 30.9 Å². The van der Waals surface area contributed by atoms with Gasteiger partial charge in [-0.3, -0.25) is 14.2 Å². The van der Waals surface area contributed by atoms with Gasteiger partial charge in [0.2, 0.25) is 12.4 Å². The minimum Gasteiger partial charge on any atom is -0.481 e. The van der Waals surface area contributed by atoms with E-state index in [1.54, 1.807) is 6.92 Å². The van der Waals surface area contributed by atoms with Crippen molar-refractivity contribution in [1.29, 1.82) is 0 Å². The molecule has 1 fully saturated rings. The number of ether oxygens (including phenoxy) is 1. The Balaban J connectivity index is 1.46. The SMILES string of the molecule is CCN(C=O)C(O)[C@H]1O[C@@H](n2cnc3c(N)nc(NCCc4ccc(CCC(=O)O)cc4)nc32)[C@H](O)[C@@H]1O. The Morgan fingerprint density at radius 3 is 2.53 bits per heavy atom. The number of nitrogens with one attached hydrogen (secondary N) is 1. The lowest BCUT2D eigenvalue weighted by Crippen LogP contribution is -2.48. The van der Waals surface area contributed by atoms with Crippen molar-refractivity contribution in [2.75, 3.05) is 24.1 Å². The van der Waals surface area contributed by atoms with Crippen molar-refractivity contribution >= 4 is 35.3 Å². The fourth-order valence-corrected chi connectivity index (χ4v) is 4.32. The van der Waals surface area contributed by atoms with Gasteiger partial charge in [-0.25, -0.2) is 4.98 Å². The highest BCUT2D eigenvalue weighted by molar-refractivity contribution is 5.83. The fraction of sp³-hybridized carbons (Fsp3) is 0.458. The molecule has 1 unspecified atom stereocenters. The summed E-state index contributed by atoms with van der Waals surface area (Å²) in [4.78, 5) is 35.9. The van der Waals surface area contributed by atoms with E-state index in [9.17, 15) is 24.9 Å². The number of aliphatic hydroxyl groups is 3. The number of anilines is 2. The Labute approximate surface area is 217 Å². The van der Waals surface area contributed by atoms with Gasteiger partial charge >= 0.3 is 5.97 Å². The quantitative estimate of drug-likeness (QED) is 0.130. The standard InChI is InChI=1S/C24H31N7O7/c1-2-30(12-32)22(37)19-17(35)18(36)23(38-19)31-11-27-16-20(25)28-24(29-21(16)31)26-10-9-14-5-3-13(4-6-14)7-8-15(33)34/h3-6,11-12,17-19,22-23,35-37H,2,7-10H2,1H3,(H,33,34)(H3,25,26,28,29)/t17-,18+,19-,22?,23+/m0/s1. The first kappa shape index (κ1) is 27.2. The van der Waals surface area contributed by atoms with Gasteiger partial charge in [-0.1, -0.05) is 24.3 Å². The van der Waals surface area contributed by atoms with Crippen molar-refractivity contribution in [2.45, 2.75) is 57.0 Å². The van der Waals surface area contributed by atoms with Gasteiger partial charge in [-0.15, -0.1) is 0 Å². The van der Waals surface area contributed by atoms with Crippen LogP contribution < -0.4 is 11.1 Å². The molecule has 1 saturated heterocycles. The number of imidazole rings is 1. The summed E-state index contributed by atoms with van der Waals surface area (Å²) in [6, 6.07) is 7.67. The van der Waals surface area contributed by atoms with E-state index in [2.05, 4.69) is 20.3 Å². The Morgan fingerprint density at radius 2 is 1.89 bits per heavy atom. The molecule has 204 valence electrons. The number of carbonyl (C=O) groups excluding carboxylic acids is 1. The van der Waals surface area contributed by atoms with Crippen molar-refractivity contribution in [3.63, 3.8) is 0 Å². The number of fused-ring (bicyclic) bond motifs is 1. The molecule has 0 radical (unpaired) electrons. The van der Waals surface area contributed by atoms with E-state index in [0.29, 0.717) is 25.8 Å². The van der Waals surface area contributed by atoms with Crippen molar-refractivity contribution in [1.82, 2.24) is 24.4 Å². The van der Waals surface area contributed by atoms with Crippen molar-refractivity contribution in [2.24, 2.45) is 0 Å². The molecule has 0 saturated carbocycles. The summed E-state index contributed by atoms with van der Waals surface area (Å²) in [5, 5.41) is 43.5. The Kier molecular flexibility index (Phi) is 8.36. The summed E-state index contributed by atoms with van der Waals surface area (Å²) in [6.45, 7) is 2.31. The zero-order valence-electron chi connectivity index (χ0n) is 20.7. The van der Waals surface area contributed by atoms with E-state index in [0.717, 1.165) is 16.0 Å². The topological polar surface area (TPSA) is 209 Å². The first-order valence-electron chi connectivity index (χ1n) is 12.2. The van der Waals surface area contributed by atoms with Crippen molar-refractivity contribution in [3.05, 3.63) is 41.7 Å². The number of likely N-dealkylation sites (N-methyl/N-ethyl adjacent to an activating group) is 1. The van der Waals surface area contributed by atoms with Crippen molar-refractivity contribution in [3.8, 4) is 0 Å². The van der Waals surface area contributed by atoms with Crippen LogP contribution in [-0.2, 0) is 27.2 Å². The smallest absolute Gasteiger partial charge is 0.303 e. The van der Waals surface area contributed by atoms with Crippen LogP contribution in [0.3, 0.4) is 0 Å². The highest BCUT2D eigenvalue weighted by atomic mass is 16.6. The number of hydrogen-bond acceptors (Lipinski definition) is 11. The summed E-state index contributed by atoms with van der Waals surface area (Å²) < 4.78 is 7.16. The van der Waals surface area contributed by atoms with Gasteiger partial charge in [0.05, 0.1) is 6.33 Å². The second-order valence-corrected chi connectivity index (χ2v) is 8.97. The van der Waals surface area contributed by atoms with E-state index in [1.165, 1.54) is 10.9 Å². The highest BCUT2D eigenvalue weighted by Crippen LogP contribution is 2.34. The van der Waals surface area contributed by atoms with Crippen LogP contribution in [0.4, 0.5) is 11.8 Å². The van der Waals surface area contributed by atoms with Crippen LogP contribution in [0, 0.1) is 0 Å². The first-order chi connectivity index (χ1) is 18.2. The Bertz CT molecular complexity index is 1270. The molecule has 3 heterocycles. The predicted molar refractivity (Wildman–Crippen MR) is 135 cm³/mol. The Morgan fingerprint density at radius 1 is 1.21 bits per heavy atom. The number of benzene rings is 1. The van der Waals surface area contributed by atoms with Gasteiger partial charge in [0.15, 0.2) is 23.9 Å². The predicted octanol–water partition coefficient (Wildman–Crippen LogP) is -0.504. The molecule has 0 spiro atoms. The van der Waals surface area contributed by atoms with E-state index in [1.807, 2.05) is 24.3 Å². The maximum Gasteiger partial charge on any atom is 0.303 e.